The lowest BCUT2D eigenvalue weighted by molar-refractivity contribution is -0.137. The number of para-hydroxylation sites is 1. The number of carbonyl (C=O) groups is 3. The van der Waals surface area contributed by atoms with E-state index in [0.717, 1.165) is 5.39 Å². The number of carboxylic acids is 1. The summed E-state index contributed by atoms with van der Waals surface area (Å²) in [5, 5.41) is 11.9. The first-order valence-corrected chi connectivity index (χ1v) is 6.65. The highest BCUT2D eigenvalue weighted by Gasteiger charge is 2.20. The number of primary amides is 1. The number of hydrogen-bond acceptors (Lipinski definition) is 4. The monoisotopic (exact) mass is 301 g/mol. The van der Waals surface area contributed by atoms with Crippen molar-refractivity contribution in [2.24, 2.45) is 5.73 Å². The normalized spacial score (nSPS) is 11.8. The fourth-order valence-electron chi connectivity index (χ4n) is 1.98. The van der Waals surface area contributed by atoms with Crippen LogP contribution in [-0.2, 0) is 9.59 Å². The van der Waals surface area contributed by atoms with E-state index < -0.39 is 23.8 Å². The van der Waals surface area contributed by atoms with E-state index in [1.165, 1.54) is 6.07 Å². The van der Waals surface area contributed by atoms with Crippen LogP contribution in [0, 0.1) is 0 Å². The summed E-state index contributed by atoms with van der Waals surface area (Å²) in [5.74, 6) is -2.42. The number of nitrogens with zero attached hydrogens (tertiary/aromatic N) is 1. The Balaban J connectivity index is 2.14. The topological polar surface area (TPSA) is 122 Å². The summed E-state index contributed by atoms with van der Waals surface area (Å²) in [7, 11) is 0. The van der Waals surface area contributed by atoms with E-state index in [9.17, 15) is 14.4 Å². The van der Waals surface area contributed by atoms with Crippen LogP contribution in [0.15, 0.2) is 36.4 Å². The third-order valence-corrected chi connectivity index (χ3v) is 3.13. The van der Waals surface area contributed by atoms with Gasteiger partial charge in [-0.15, -0.1) is 0 Å². The molecule has 0 aliphatic carbocycles. The summed E-state index contributed by atoms with van der Waals surface area (Å²) >= 11 is 0. The van der Waals surface area contributed by atoms with E-state index in [1.54, 1.807) is 18.2 Å². The molecule has 1 aromatic heterocycles. The number of fused-ring (bicyclic) bond motifs is 1. The van der Waals surface area contributed by atoms with Crippen LogP contribution in [0.1, 0.15) is 23.3 Å². The van der Waals surface area contributed by atoms with Crippen molar-refractivity contribution in [2.45, 2.75) is 18.9 Å². The van der Waals surface area contributed by atoms with Crippen LogP contribution in [0.2, 0.25) is 0 Å². The molecule has 0 radical (unpaired) electrons. The Kier molecular flexibility index (Phi) is 4.67. The van der Waals surface area contributed by atoms with E-state index in [-0.39, 0.29) is 18.5 Å². The van der Waals surface area contributed by atoms with Gasteiger partial charge in [0.05, 0.1) is 5.52 Å². The number of nitrogens with one attached hydrogen (secondary N) is 1. The summed E-state index contributed by atoms with van der Waals surface area (Å²) in [6.07, 6.45) is -0.330. The molecule has 1 atom stereocenters. The van der Waals surface area contributed by atoms with Gasteiger partial charge in [-0.2, -0.15) is 0 Å². The molecule has 4 N–H and O–H groups in total. The summed E-state index contributed by atoms with van der Waals surface area (Å²) < 4.78 is 0. The van der Waals surface area contributed by atoms with Gasteiger partial charge < -0.3 is 16.2 Å². The Morgan fingerprint density at radius 1 is 1.18 bits per heavy atom. The maximum Gasteiger partial charge on any atom is 0.303 e. The molecule has 0 fully saturated rings. The van der Waals surface area contributed by atoms with Gasteiger partial charge in [-0.3, -0.25) is 14.4 Å². The highest BCUT2D eigenvalue weighted by Crippen LogP contribution is 2.12. The van der Waals surface area contributed by atoms with Crippen molar-refractivity contribution >= 4 is 28.7 Å². The Bertz CT molecular complexity index is 730. The summed E-state index contributed by atoms with van der Waals surface area (Å²) in [5.41, 5.74) is 5.96. The molecule has 0 unspecified atom stereocenters. The molecular formula is C15H15N3O4. The van der Waals surface area contributed by atoms with Crippen LogP contribution in [-0.4, -0.2) is 33.9 Å². The van der Waals surface area contributed by atoms with Gasteiger partial charge in [0.1, 0.15) is 11.7 Å². The van der Waals surface area contributed by atoms with Gasteiger partial charge in [-0.25, -0.2) is 4.98 Å². The van der Waals surface area contributed by atoms with Crippen LogP contribution >= 0.6 is 0 Å². The zero-order valence-corrected chi connectivity index (χ0v) is 11.7. The summed E-state index contributed by atoms with van der Waals surface area (Å²) in [6.45, 7) is 0. The highest BCUT2D eigenvalue weighted by atomic mass is 16.4. The number of pyridine rings is 1. The van der Waals surface area contributed by atoms with E-state index >= 15 is 0 Å². The number of rotatable bonds is 6. The van der Waals surface area contributed by atoms with Crippen molar-refractivity contribution in [1.29, 1.82) is 0 Å². The molecule has 1 aromatic carbocycles. The van der Waals surface area contributed by atoms with Gasteiger partial charge in [0.25, 0.3) is 5.91 Å². The van der Waals surface area contributed by atoms with Crippen molar-refractivity contribution in [3.8, 4) is 0 Å². The quantitative estimate of drug-likeness (QED) is 0.724. The zero-order chi connectivity index (χ0) is 16.1. The fourth-order valence-corrected chi connectivity index (χ4v) is 1.98. The molecule has 7 nitrogen and oxygen atoms in total. The minimum absolute atomic E-state index is 0.0655. The van der Waals surface area contributed by atoms with Gasteiger partial charge in [-0.1, -0.05) is 24.3 Å². The Morgan fingerprint density at radius 3 is 2.59 bits per heavy atom. The van der Waals surface area contributed by atoms with Crippen molar-refractivity contribution in [2.75, 3.05) is 0 Å². The summed E-state index contributed by atoms with van der Waals surface area (Å²) in [4.78, 5) is 38.2. The second-order valence-electron chi connectivity index (χ2n) is 4.75. The molecule has 0 aliphatic heterocycles. The smallest absolute Gasteiger partial charge is 0.303 e. The predicted molar refractivity (Wildman–Crippen MR) is 79.1 cm³/mol. The second-order valence-corrected chi connectivity index (χ2v) is 4.75. The number of amides is 2. The molecule has 7 heteroatoms. The highest BCUT2D eigenvalue weighted by molar-refractivity contribution is 5.97. The predicted octanol–water partition coefficient (Wildman–Crippen LogP) is 0.683. The number of benzene rings is 1. The number of nitrogens with two attached hydrogens (primary N) is 1. The molecule has 22 heavy (non-hydrogen) atoms. The van der Waals surface area contributed by atoms with Crippen molar-refractivity contribution in [3.63, 3.8) is 0 Å². The van der Waals surface area contributed by atoms with E-state index in [4.69, 9.17) is 10.8 Å². The summed E-state index contributed by atoms with van der Waals surface area (Å²) in [6, 6.07) is 9.53. The van der Waals surface area contributed by atoms with E-state index in [1.807, 2.05) is 12.1 Å². The third-order valence-electron chi connectivity index (χ3n) is 3.13. The van der Waals surface area contributed by atoms with Gasteiger partial charge in [0.2, 0.25) is 5.91 Å². The molecule has 0 aliphatic rings. The van der Waals surface area contributed by atoms with Crippen molar-refractivity contribution in [1.82, 2.24) is 10.3 Å². The van der Waals surface area contributed by atoms with Gasteiger partial charge in [0.15, 0.2) is 0 Å². The Labute approximate surface area is 126 Å². The molecule has 2 aromatic rings. The molecule has 1 heterocycles. The van der Waals surface area contributed by atoms with Gasteiger partial charge in [-0.05, 0) is 18.6 Å². The molecular weight excluding hydrogens is 286 g/mol. The van der Waals surface area contributed by atoms with E-state index in [2.05, 4.69) is 10.3 Å². The molecule has 0 spiro atoms. The Hall–Kier alpha value is -2.96. The fraction of sp³-hybridized carbons (Fsp3) is 0.200. The number of hydrogen-bond donors (Lipinski definition) is 3. The molecule has 0 saturated carbocycles. The van der Waals surface area contributed by atoms with Crippen molar-refractivity contribution < 1.29 is 19.5 Å². The average Bonchev–Trinajstić information content (AvgIpc) is 2.50. The molecule has 2 amide bonds. The number of carbonyl (C=O) groups excluding carboxylic acids is 2. The maximum atomic E-state index is 12.1. The molecule has 0 saturated heterocycles. The van der Waals surface area contributed by atoms with Gasteiger partial charge >= 0.3 is 5.97 Å². The molecule has 114 valence electrons. The molecule has 2 rings (SSSR count). The first-order chi connectivity index (χ1) is 10.5. The largest absolute Gasteiger partial charge is 0.481 e. The van der Waals surface area contributed by atoms with Crippen LogP contribution in [0.4, 0.5) is 0 Å². The minimum atomic E-state index is -1.07. The number of aliphatic carboxylic acids is 1. The number of carboxylic acid groups (broad SMARTS) is 1. The lowest BCUT2D eigenvalue weighted by atomic mass is 10.1. The lowest BCUT2D eigenvalue weighted by Gasteiger charge is -2.14. The second kappa shape index (κ2) is 6.66. The third kappa shape index (κ3) is 3.78. The van der Waals surface area contributed by atoms with Gasteiger partial charge in [0, 0.05) is 11.8 Å². The zero-order valence-electron chi connectivity index (χ0n) is 11.7. The van der Waals surface area contributed by atoms with Crippen LogP contribution in [0.3, 0.4) is 0 Å². The van der Waals surface area contributed by atoms with Crippen molar-refractivity contribution in [3.05, 3.63) is 42.1 Å². The first-order valence-electron chi connectivity index (χ1n) is 6.65. The standard InChI is InChI=1S/C15H15N3O4/c16-14(21)11(7-8-13(19)20)18-15(22)12-6-5-9-3-1-2-4-10(9)17-12/h1-6,11H,7-8H2,(H2,16,21)(H,18,22)(H,19,20)/t11-/m1/s1. The van der Waals surface area contributed by atoms with Crippen LogP contribution < -0.4 is 11.1 Å². The number of aromatic nitrogens is 1. The molecule has 0 bridgehead atoms. The maximum absolute atomic E-state index is 12.1. The first kappa shape index (κ1) is 15.4. The SMILES string of the molecule is NC(=O)[C@@H](CCC(=O)O)NC(=O)c1ccc2ccccc2n1. The van der Waals surface area contributed by atoms with Crippen LogP contribution in [0.5, 0.6) is 0 Å². The van der Waals surface area contributed by atoms with Crippen LogP contribution in [0.25, 0.3) is 10.9 Å². The van der Waals surface area contributed by atoms with E-state index in [0.29, 0.717) is 5.52 Å². The lowest BCUT2D eigenvalue weighted by Crippen LogP contribution is -2.44. The average molecular weight is 301 g/mol. The Morgan fingerprint density at radius 2 is 1.91 bits per heavy atom. The minimum Gasteiger partial charge on any atom is -0.481 e.